The van der Waals surface area contributed by atoms with E-state index in [0.29, 0.717) is 24.5 Å². The molecule has 0 aromatic heterocycles. The van der Waals surface area contributed by atoms with Crippen LogP contribution in [0.1, 0.15) is 49.3 Å². The van der Waals surface area contributed by atoms with Gasteiger partial charge in [-0.3, -0.25) is 4.79 Å². The van der Waals surface area contributed by atoms with Gasteiger partial charge in [-0.05, 0) is 55.2 Å². The predicted molar refractivity (Wildman–Crippen MR) is 128 cm³/mol. The van der Waals surface area contributed by atoms with Crippen molar-refractivity contribution < 1.29 is 24.1 Å². The number of ether oxygens (including phenoxy) is 3. The highest BCUT2D eigenvalue weighted by atomic mass is 16.5. The van der Waals surface area contributed by atoms with Gasteiger partial charge in [0, 0.05) is 30.2 Å². The van der Waals surface area contributed by atoms with Crippen LogP contribution in [0.4, 0.5) is 0 Å². The minimum Gasteiger partial charge on any atom is -0.497 e. The van der Waals surface area contributed by atoms with Crippen LogP contribution in [0.15, 0.2) is 48.5 Å². The summed E-state index contributed by atoms with van der Waals surface area (Å²) in [6.45, 7) is 0.499. The molecule has 0 bridgehead atoms. The van der Waals surface area contributed by atoms with Crippen molar-refractivity contribution in [3.63, 3.8) is 0 Å². The first-order chi connectivity index (χ1) is 16.0. The molecule has 1 aliphatic carbocycles. The van der Waals surface area contributed by atoms with E-state index in [2.05, 4.69) is 0 Å². The Hall–Kier alpha value is -2.99. The third kappa shape index (κ3) is 4.71. The Kier molecular flexibility index (Phi) is 6.94. The Labute approximate surface area is 195 Å². The maximum atomic E-state index is 13.4. The molecular weight excluding hydrogens is 418 g/mol. The highest BCUT2D eigenvalue weighted by Crippen LogP contribution is 2.51. The van der Waals surface area contributed by atoms with Gasteiger partial charge >= 0.3 is 0 Å². The van der Waals surface area contributed by atoms with Gasteiger partial charge in [0.05, 0.1) is 33.0 Å². The number of aliphatic hydroxyl groups is 1. The second-order valence-electron chi connectivity index (χ2n) is 8.90. The Morgan fingerprint density at radius 2 is 1.73 bits per heavy atom. The zero-order valence-corrected chi connectivity index (χ0v) is 19.6. The zero-order chi connectivity index (χ0) is 23.4. The maximum Gasteiger partial charge on any atom is 0.247 e. The third-order valence-electron chi connectivity index (χ3n) is 7.14. The lowest BCUT2D eigenvalue weighted by atomic mass is 9.66. The molecule has 2 aliphatic rings. The summed E-state index contributed by atoms with van der Waals surface area (Å²) in [4.78, 5) is 15.3. The average molecular weight is 452 g/mol. The zero-order valence-electron chi connectivity index (χ0n) is 19.6. The van der Waals surface area contributed by atoms with Crippen LogP contribution in [0.2, 0.25) is 0 Å². The summed E-state index contributed by atoms with van der Waals surface area (Å²) in [5.41, 5.74) is 1.08. The van der Waals surface area contributed by atoms with Crippen molar-refractivity contribution >= 4 is 12.0 Å². The van der Waals surface area contributed by atoms with Crippen LogP contribution in [0, 0.1) is 5.92 Å². The molecule has 0 radical (unpaired) electrons. The number of carbonyl (C=O) groups is 1. The summed E-state index contributed by atoms with van der Waals surface area (Å²) >= 11 is 0. The SMILES string of the molecule is COc1ccc(C=CC(=O)N2CC[C@]3(O)CCCC[C@H]3[C@@H]2c2ccc(OC)cc2OC)cc1. The number of rotatable bonds is 6. The van der Waals surface area contributed by atoms with Gasteiger partial charge in [-0.2, -0.15) is 0 Å². The van der Waals surface area contributed by atoms with Crippen molar-refractivity contribution in [1.29, 1.82) is 0 Å². The van der Waals surface area contributed by atoms with E-state index in [-0.39, 0.29) is 17.9 Å². The minimum atomic E-state index is -0.760. The van der Waals surface area contributed by atoms with Crippen LogP contribution < -0.4 is 14.2 Å². The fourth-order valence-corrected chi connectivity index (χ4v) is 5.35. The molecule has 1 aliphatic heterocycles. The molecule has 1 saturated heterocycles. The van der Waals surface area contributed by atoms with Gasteiger partial charge in [-0.15, -0.1) is 0 Å². The number of likely N-dealkylation sites (tertiary alicyclic amines) is 1. The largest absolute Gasteiger partial charge is 0.497 e. The van der Waals surface area contributed by atoms with Crippen LogP contribution in [-0.4, -0.2) is 49.4 Å². The number of hydrogen-bond acceptors (Lipinski definition) is 5. The first kappa shape index (κ1) is 23.2. The first-order valence-electron chi connectivity index (χ1n) is 11.6. The standard InChI is InChI=1S/C27H33NO5/c1-31-20-10-7-19(8-11-20)9-14-25(29)28-17-16-27(30)15-5-4-6-23(27)26(28)22-13-12-21(32-2)18-24(22)33-3/h7-14,18,23,26,30H,4-6,15-17H2,1-3H3/t23-,26-,27+/m0/s1. The van der Waals surface area contributed by atoms with Crippen molar-refractivity contribution in [1.82, 2.24) is 4.90 Å². The Morgan fingerprint density at radius 3 is 2.42 bits per heavy atom. The topological polar surface area (TPSA) is 68.2 Å². The summed E-state index contributed by atoms with van der Waals surface area (Å²) in [5, 5.41) is 11.5. The molecule has 6 heteroatoms. The van der Waals surface area contributed by atoms with Crippen LogP contribution in [0.5, 0.6) is 17.2 Å². The third-order valence-corrected chi connectivity index (χ3v) is 7.14. The smallest absolute Gasteiger partial charge is 0.247 e. The van der Waals surface area contributed by atoms with Crippen molar-refractivity contribution in [2.75, 3.05) is 27.9 Å². The highest BCUT2D eigenvalue weighted by Gasteiger charge is 2.50. The molecule has 1 saturated carbocycles. The predicted octanol–water partition coefficient (Wildman–Crippen LogP) is 4.62. The van der Waals surface area contributed by atoms with Crippen LogP contribution in [-0.2, 0) is 4.79 Å². The lowest BCUT2D eigenvalue weighted by molar-refractivity contribution is -0.151. The molecule has 4 rings (SSSR count). The van der Waals surface area contributed by atoms with Crippen LogP contribution >= 0.6 is 0 Å². The highest BCUT2D eigenvalue weighted by molar-refractivity contribution is 5.92. The van der Waals surface area contributed by atoms with Gasteiger partial charge in [0.1, 0.15) is 17.2 Å². The number of methoxy groups -OCH3 is 3. The molecule has 6 nitrogen and oxygen atoms in total. The second kappa shape index (κ2) is 9.87. The number of fused-ring (bicyclic) bond motifs is 1. The van der Waals surface area contributed by atoms with Gasteiger partial charge in [0.2, 0.25) is 5.91 Å². The number of hydrogen-bond donors (Lipinski definition) is 1. The van der Waals surface area contributed by atoms with E-state index < -0.39 is 5.60 Å². The van der Waals surface area contributed by atoms with E-state index in [1.54, 1.807) is 27.4 Å². The first-order valence-corrected chi connectivity index (χ1v) is 11.6. The number of amides is 1. The molecule has 1 amide bonds. The van der Waals surface area contributed by atoms with E-state index in [9.17, 15) is 9.90 Å². The summed E-state index contributed by atoms with van der Waals surface area (Å²) < 4.78 is 16.3. The molecule has 2 fully saturated rings. The molecule has 0 unspecified atom stereocenters. The second-order valence-corrected chi connectivity index (χ2v) is 8.90. The van der Waals surface area contributed by atoms with Gasteiger partial charge in [-0.25, -0.2) is 0 Å². The van der Waals surface area contributed by atoms with Crippen molar-refractivity contribution in [2.24, 2.45) is 5.92 Å². The van der Waals surface area contributed by atoms with Gasteiger partial charge in [0.15, 0.2) is 0 Å². The van der Waals surface area contributed by atoms with Crippen molar-refractivity contribution in [3.05, 3.63) is 59.7 Å². The minimum absolute atomic E-state index is 0.0411. The number of benzene rings is 2. The van der Waals surface area contributed by atoms with E-state index in [4.69, 9.17) is 14.2 Å². The summed E-state index contributed by atoms with van der Waals surface area (Å²) in [6.07, 6.45) is 7.76. The molecule has 2 aromatic rings. The molecule has 1 heterocycles. The molecule has 33 heavy (non-hydrogen) atoms. The Balaban J connectivity index is 1.68. The number of carbonyl (C=O) groups excluding carboxylic acids is 1. The quantitative estimate of drug-likeness (QED) is 0.649. The lowest BCUT2D eigenvalue weighted by Crippen LogP contribution is -2.56. The summed E-state index contributed by atoms with van der Waals surface area (Å²) in [5.74, 6) is 2.04. The Morgan fingerprint density at radius 1 is 1.00 bits per heavy atom. The summed E-state index contributed by atoms with van der Waals surface area (Å²) in [7, 11) is 4.88. The van der Waals surface area contributed by atoms with E-state index >= 15 is 0 Å². The van der Waals surface area contributed by atoms with Crippen molar-refractivity contribution in [2.45, 2.75) is 43.7 Å². The van der Waals surface area contributed by atoms with Crippen LogP contribution in [0.25, 0.3) is 6.08 Å². The van der Waals surface area contributed by atoms with Crippen LogP contribution in [0.3, 0.4) is 0 Å². The molecular formula is C27H33NO5. The monoisotopic (exact) mass is 451 g/mol. The number of piperidine rings is 1. The molecule has 0 spiro atoms. The molecule has 3 atom stereocenters. The van der Waals surface area contributed by atoms with E-state index in [1.165, 1.54) is 0 Å². The molecule has 1 N–H and O–H groups in total. The average Bonchev–Trinajstić information content (AvgIpc) is 2.86. The lowest BCUT2D eigenvalue weighted by Gasteiger charge is -2.52. The van der Waals surface area contributed by atoms with E-state index in [0.717, 1.165) is 42.6 Å². The fourth-order valence-electron chi connectivity index (χ4n) is 5.35. The molecule has 176 valence electrons. The number of nitrogens with zero attached hydrogens (tertiary/aromatic N) is 1. The van der Waals surface area contributed by atoms with Gasteiger partial charge in [-0.1, -0.05) is 25.0 Å². The summed E-state index contributed by atoms with van der Waals surface area (Å²) in [6, 6.07) is 13.0. The molecule has 2 aromatic carbocycles. The van der Waals surface area contributed by atoms with Gasteiger partial charge < -0.3 is 24.2 Å². The fraction of sp³-hybridized carbons (Fsp3) is 0.444. The Bertz CT molecular complexity index is 1000. The maximum absolute atomic E-state index is 13.4. The van der Waals surface area contributed by atoms with Crippen molar-refractivity contribution in [3.8, 4) is 17.2 Å². The normalized spacial score (nSPS) is 24.9. The van der Waals surface area contributed by atoms with Gasteiger partial charge in [0.25, 0.3) is 0 Å². The van der Waals surface area contributed by atoms with E-state index in [1.807, 2.05) is 53.4 Å².